The van der Waals surface area contributed by atoms with E-state index in [2.05, 4.69) is 20.0 Å². The van der Waals surface area contributed by atoms with Crippen LogP contribution in [0.15, 0.2) is 0 Å². The van der Waals surface area contributed by atoms with Gasteiger partial charge in [-0.3, -0.25) is 0 Å². The number of halogens is 1. The van der Waals surface area contributed by atoms with Crippen molar-refractivity contribution in [3.8, 4) is 0 Å². The van der Waals surface area contributed by atoms with E-state index in [-0.39, 0.29) is 0 Å². The summed E-state index contributed by atoms with van der Waals surface area (Å²) in [5, 5.41) is 3.57. The van der Waals surface area contributed by atoms with Gasteiger partial charge < -0.3 is 5.32 Å². The summed E-state index contributed by atoms with van der Waals surface area (Å²) in [4.78, 5) is 8.43. The molecule has 0 bridgehead atoms. The van der Waals surface area contributed by atoms with Gasteiger partial charge >= 0.3 is 0 Å². The highest BCUT2D eigenvalue weighted by Gasteiger charge is 2.22. The molecule has 0 saturated carbocycles. The lowest BCUT2D eigenvalue weighted by molar-refractivity contribution is 0.475. The number of aromatic nitrogens is 2. The van der Waals surface area contributed by atoms with E-state index >= 15 is 0 Å². The number of hydrogen-bond acceptors (Lipinski definition) is 5. The Kier molecular flexibility index (Phi) is 5.34. The maximum Gasteiger partial charge on any atom is 0.209 e. The molecule has 0 spiro atoms. The third-order valence-corrected chi connectivity index (χ3v) is 3.82. The van der Waals surface area contributed by atoms with Gasteiger partial charge in [-0.2, -0.15) is 0 Å². The van der Waals surface area contributed by atoms with E-state index in [1.54, 1.807) is 20.8 Å². The van der Waals surface area contributed by atoms with Crippen molar-refractivity contribution in [3.05, 3.63) is 16.5 Å². The lowest BCUT2D eigenvalue weighted by atomic mass is 10.1. The Morgan fingerprint density at radius 2 is 1.90 bits per heavy atom. The molecule has 0 aliphatic heterocycles. The van der Waals surface area contributed by atoms with E-state index in [1.807, 2.05) is 6.92 Å². The second-order valence-electron chi connectivity index (χ2n) is 5.35. The Labute approximate surface area is 125 Å². The number of nitrogens with one attached hydrogen (secondary N) is 2. The first kappa shape index (κ1) is 17.1. The van der Waals surface area contributed by atoms with Crippen LogP contribution in [0.5, 0.6) is 0 Å². The number of anilines is 1. The third kappa shape index (κ3) is 5.22. The molecule has 0 atom stereocenters. The largest absolute Gasteiger partial charge is 0.368 e. The summed E-state index contributed by atoms with van der Waals surface area (Å²) < 4.78 is 25.2. The summed E-state index contributed by atoms with van der Waals surface area (Å²) in [5.74, 6) is 1.22. The zero-order valence-corrected chi connectivity index (χ0v) is 14.0. The fourth-order valence-electron chi connectivity index (χ4n) is 1.86. The minimum Gasteiger partial charge on any atom is -0.368 e. The van der Waals surface area contributed by atoms with E-state index in [0.717, 1.165) is 11.8 Å². The van der Waals surface area contributed by atoms with Crippen LogP contribution in [0.1, 0.15) is 32.2 Å². The van der Waals surface area contributed by atoms with Gasteiger partial charge in [0.05, 0.1) is 6.26 Å². The van der Waals surface area contributed by atoms with E-state index in [9.17, 15) is 8.42 Å². The van der Waals surface area contributed by atoms with E-state index < -0.39 is 15.6 Å². The SMILES string of the molecule is CCc1c(Cl)nc(C)nc1NCC(C)(C)NS(C)(=O)=O. The first-order valence-corrected chi connectivity index (χ1v) is 8.57. The Morgan fingerprint density at radius 1 is 1.30 bits per heavy atom. The van der Waals surface area contributed by atoms with Gasteiger partial charge in [0, 0.05) is 17.6 Å². The van der Waals surface area contributed by atoms with Gasteiger partial charge in [0.15, 0.2) is 0 Å². The smallest absolute Gasteiger partial charge is 0.209 e. The summed E-state index contributed by atoms with van der Waals surface area (Å²) in [6, 6.07) is 0. The summed E-state index contributed by atoms with van der Waals surface area (Å²) in [6.45, 7) is 7.70. The molecule has 2 N–H and O–H groups in total. The molecular formula is C12H21ClN4O2S. The van der Waals surface area contributed by atoms with Crippen molar-refractivity contribution in [1.29, 1.82) is 0 Å². The molecule has 1 aromatic rings. The van der Waals surface area contributed by atoms with Crippen LogP contribution in [0.2, 0.25) is 5.15 Å². The van der Waals surface area contributed by atoms with Gasteiger partial charge in [0.25, 0.3) is 0 Å². The molecule has 114 valence electrons. The molecule has 1 aromatic heterocycles. The average molecular weight is 321 g/mol. The Morgan fingerprint density at radius 3 is 2.40 bits per heavy atom. The number of sulfonamides is 1. The normalized spacial score (nSPS) is 12.5. The molecule has 0 aliphatic rings. The van der Waals surface area contributed by atoms with E-state index in [0.29, 0.717) is 29.8 Å². The maximum absolute atomic E-state index is 11.3. The molecule has 20 heavy (non-hydrogen) atoms. The molecule has 0 aliphatic carbocycles. The van der Waals surface area contributed by atoms with Crippen molar-refractivity contribution < 1.29 is 8.42 Å². The van der Waals surface area contributed by atoms with Crippen LogP contribution in [0.25, 0.3) is 0 Å². The van der Waals surface area contributed by atoms with Gasteiger partial charge in [-0.05, 0) is 27.2 Å². The summed E-state index contributed by atoms with van der Waals surface area (Å²) >= 11 is 6.09. The van der Waals surface area contributed by atoms with Crippen molar-refractivity contribution in [2.45, 2.75) is 39.7 Å². The summed E-state index contributed by atoms with van der Waals surface area (Å²) in [7, 11) is -3.27. The van der Waals surface area contributed by atoms with E-state index in [4.69, 9.17) is 11.6 Å². The second kappa shape index (κ2) is 6.24. The molecule has 1 heterocycles. The fraction of sp³-hybridized carbons (Fsp3) is 0.667. The van der Waals surface area contributed by atoms with Crippen molar-refractivity contribution in [3.63, 3.8) is 0 Å². The van der Waals surface area contributed by atoms with Crippen molar-refractivity contribution >= 4 is 27.4 Å². The number of aryl methyl sites for hydroxylation is 1. The van der Waals surface area contributed by atoms with Crippen LogP contribution in [0.3, 0.4) is 0 Å². The molecule has 0 aromatic carbocycles. The van der Waals surface area contributed by atoms with Gasteiger partial charge in [-0.15, -0.1) is 0 Å². The van der Waals surface area contributed by atoms with Crippen LogP contribution in [0, 0.1) is 6.92 Å². The average Bonchev–Trinajstić information content (AvgIpc) is 2.22. The van der Waals surface area contributed by atoms with Crippen molar-refractivity contribution in [1.82, 2.24) is 14.7 Å². The van der Waals surface area contributed by atoms with Crippen LogP contribution >= 0.6 is 11.6 Å². The first-order valence-electron chi connectivity index (χ1n) is 6.30. The lowest BCUT2D eigenvalue weighted by Gasteiger charge is -2.26. The Hall–Kier alpha value is -0.920. The highest BCUT2D eigenvalue weighted by Crippen LogP contribution is 2.22. The topological polar surface area (TPSA) is 84.0 Å². The molecule has 0 unspecified atom stereocenters. The molecule has 0 saturated heterocycles. The lowest BCUT2D eigenvalue weighted by Crippen LogP contribution is -2.48. The van der Waals surface area contributed by atoms with Gasteiger partial charge in [0.2, 0.25) is 10.0 Å². The quantitative estimate of drug-likeness (QED) is 0.780. The standard InChI is InChI=1S/C12H21ClN4O2S/c1-6-9-10(13)15-8(2)16-11(9)14-7-12(3,4)17-20(5,18)19/h17H,6-7H2,1-5H3,(H,14,15,16). The Bertz CT molecular complexity index is 587. The van der Waals surface area contributed by atoms with Crippen LogP contribution < -0.4 is 10.0 Å². The number of hydrogen-bond donors (Lipinski definition) is 2. The van der Waals surface area contributed by atoms with Crippen LogP contribution in [-0.2, 0) is 16.4 Å². The number of rotatable bonds is 6. The predicted molar refractivity (Wildman–Crippen MR) is 81.7 cm³/mol. The molecule has 0 amide bonds. The van der Waals surface area contributed by atoms with Gasteiger partial charge in [-0.25, -0.2) is 23.1 Å². The first-order chi connectivity index (χ1) is 9.04. The minimum absolute atomic E-state index is 0.389. The third-order valence-electron chi connectivity index (χ3n) is 2.58. The Balaban J connectivity index is 2.90. The number of nitrogens with zero attached hydrogens (tertiary/aromatic N) is 2. The second-order valence-corrected chi connectivity index (χ2v) is 7.46. The van der Waals surface area contributed by atoms with Crippen LogP contribution in [0.4, 0.5) is 5.82 Å². The molecule has 1 rings (SSSR count). The highest BCUT2D eigenvalue weighted by molar-refractivity contribution is 7.88. The molecule has 0 fully saturated rings. The minimum atomic E-state index is -3.27. The van der Waals surface area contributed by atoms with Gasteiger partial charge in [0.1, 0.15) is 16.8 Å². The summed E-state index contributed by atoms with van der Waals surface area (Å²) in [5.41, 5.74) is 0.191. The maximum atomic E-state index is 11.3. The molecular weight excluding hydrogens is 300 g/mol. The van der Waals surface area contributed by atoms with Crippen molar-refractivity contribution in [2.75, 3.05) is 18.1 Å². The van der Waals surface area contributed by atoms with Crippen LogP contribution in [-0.4, -0.2) is 36.7 Å². The zero-order valence-electron chi connectivity index (χ0n) is 12.4. The zero-order chi connectivity index (χ0) is 15.6. The predicted octanol–water partition coefficient (Wildman–Crippen LogP) is 1.74. The fourth-order valence-corrected chi connectivity index (χ4v) is 3.29. The van der Waals surface area contributed by atoms with Crippen molar-refractivity contribution in [2.24, 2.45) is 0 Å². The van der Waals surface area contributed by atoms with E-state index in [1.165, 1.54) is 0 Å². The monoisotopic (exact) mass is 320 g/mol. The van der Waals surface area contributed by atoms with Gasteiger partial charge in [-0.1, -0.05) is 18.5 Å². The molecule has 8 heteroatoms. The highest BCUT2D eigenvalue weighted by atomic mass is 35.5. The molecule has 0 radical (unpaired) electrons. The summed E-state index contributed by atoms with van der Waals surface area (Å²) in [6.07, 6.45) is 1.83. The molecule has 6 nitrogen and oxygen atoms in total.